The van der Waals surface area contributed by atoms with Crippen molar-refractivity contribution in [2.24, 2.45) is 46.7 Å². The van der Waals surface area contributed by atoms with Gasteiger partial charge in [0.25, 0.3) is 0 Å². The van der Waals surface area contributed by atoms with E-state index in [2.05, 4.69) is 40.1 Å². The van der Waals surface area contributed by atoms with E-state index in [1.807, 2.05) is 0 Å². The summed E-state index contributed by atoms with van der Waals surface area (Å²) >= 11 is 0. The van der Waals surface area contributed by atoms with Gasteiger partial charge < -0.3 is 11.1 Å². The topological polar surface area (TPSA) is 38.0 Å². The summed E-state index contributed by atoms with van der Waals surface area (Å²) in [5.41, 5.74) is 8.05. The van der Waals surface area contributed by atoms with Crippen LogP contribution in [0.15, 0.2) is 0 Å². The maximum Gasteiger partial charge on any atom is 0.0210 e. The maximum atomic E-state index is 7.53. The van der Waals surface area contributed by atoms with E-state index in [0.29, 0.717) is 17.3 Å². The highest BCUT2D eigenvalue weighted by Crippen LogP contribution is 2.62. The summed E-state index contributed by atoms with van der Waals surface area (Å²) in [5, 5.41) is 3.78. The molecule has 0 aliphatic heterocycles. The molecule has 26 heavy (non-hydrogen) atoms. The highest BCUT2D eigenvalue weighted by atomic mass is 15.0. The summed E-state index contributed by atoms with van der Waals surface area (Å²) in [6, 6.07) is 0. The van der Waals surface area contributed by atoms with Crippen LogP contribution in [0.5, 0.6) is 0 Å². The molecule has 0 heterocycles. The van der Waals surface area contributed by atoms with Crippen LogP contribution < -0.4 is 11.1 Å². The average Bonchev–Trinajstić information content (AvgIpc) is 3.10. The van der Waals surface area contributed by atoms with Gasteiger partial charge in [-0.05, 0) is 93.9 Å². The monoisotopic (exact) mass is 360 g/mol. The predicted octanol–water partition coefficient (Wildman–Crippen LogP) is 5.36. The summed E-state index contributed by atoms with van der Waals surface area (Å²) in [7, 11) is 2.19. The summed E-state index contributed by atoms with van der Waals surface area (Å²) < 4.78 is 0. The second-order valence-electron chi connectivity index (χ2n) is 11.8. The molecule has 0 saturated heterocycles. The minimum absolute atomic E-state index is 0.0645. The van der Waals surface area contributed by atoms with Crippen molar-refractivity contribution in [2.45, 2.75) is 103 Å². The molecule has 0 bridgehead atoms. The largest absolute Gasteiger partial charge is 0.325 e. The standard InChI is InChI=1S/C24H44N2/c1-22(2)13-7-6-9-17-15-16-10-8-11-18(16)19-12-14-23(3,26-5)21(19)24(4,25)20(17)22/h16-21,26H,6-15,25H2,1-5H3. The van der Waals surface area contributed by atoms with E-state index in [0.717, 1.165) is 23.7 Å². The van der Waals surface area contributed by atoms with Crippen molar-refractivity contribution in [2.75, 3.05) is 7.05 Å². The van der Waals surface area contributed by atoms with Crippen molar-refractivity contribution in [3.8, 4) is 0 Å². The zero-order valence-electron chi connectivity index (χ0n) is 18.1. The smallest absolute Gasteiger partial charge is 0.0210 e. The minimum atomic E-state index is -0.0645. The number of rotatable bonds is 1. The van der Waals surface area contributed by atoms with Crippen molar-refractivity contribution in [3.63, 3.8) is 0 Å². The van der Waals surface area contributed by atoms with Gasteiger partial charge in [-0.3, -0.25) is 0 Å². The Hall–Kier alpha value is -0.0800. The highest BCUT2D eigenvalue weighted by molar-refractivity contribution is 5.16. The molecule has 3 N–H and O–H groups in total. The summed E-state index contributed by atoms with van der Waals surface area (Å²) in [6.45, 7) is 10.1. The van der Waals surface area contributed by atoms with Crippen molar-refractivity contribution < 1.29 is 0 Å². The van der Waals surface area contributed by atoms with Crippen LogP contribution in [0.2, 0.25) is 0 Å². The second kappa shape index (κ2) is 6.48. The van der Waals surface area contributed by atoms with Crippen molar-refractivity contribution in [1.29, 1.82) is 0 Å². The Morgan fingerprint density at radius 1 is 0.769 bits per heavy atom. The first-order valence-electron chi connectivity index (χ1n) is 11.7. The fraction of sp³-hybridized carbons (Fsp3) is 1.00. The Balaban J connectivity index is 1.83. The molecule has 4 aliphatic rings. The average molecular weight is 361 g/mol. The molecule has 150 valence electrons. The van der Waals surface area contributed by atoms with E-state index >= 15 is 0 Å². The molecule has 4 saturated carbocycles. The molecule has 0 radical (unpaired) electrons. The lowest BCUT2D eigenvalue weighted by molar-refractivity contribution is -0.0446. The van der Waals surface area contributed by atoms with E-state index in [1.165, 1.54) is 64.2 Å². The van der Waals surface area contributed by atoms with Crippen LogP contribution in [0.3, 0.4) is 0 Å². The number of nitrogens with two attached hydrogens (primary N) is 1. The van der Waals surface area contributed by atoms with Gasteiger partial charge in [-0.25, -0.2) is 0 Å². The van der Waals surface area contributed by atoms with Crippen LogP contribution >= 0.6 is 0 Å². The first-order chi connectivity index (χ1) is 12.2. The van der Waals surface area contributed by atoms with E-state index in [9.17, 15) is 0 Å². The van der Waals surface area contributed by atoms with Gasteiger partial charge in [0.1, 0.15) is 0 Å². The third-order valence-corrected chi connectivity index (χ3v) is 9.86. The molecule has 8 unspecified atom stereocenters. The Kier molecular flexibility index (Phi) is 4.79. The minimum Gasteiger partial charge on any atom is -0.325 e. The molecule has 0 aromatic heterocycles. The van der Waals surface area contributed by atoms with E-state index in [-0.39, 0.29) is 11.1 Å². The first kappa shape index (κ1) is 19.2. The van der Waals surface area contributed by atoms with Crippen LogP contribution in [0.1, 0.15) is 91.9 Å². The van der Waals surface area contributed by atoms with Crippen molar-refractivity contribution in [1.82, 2.24) is 5.32 Å². The molecule has 4 fully saturated rings. The van der Waals surface area contributed by atoms with Crippen molar-refractivity contribution >= 4 is 0 Å². The predicted molar refractivity (Wildman–Crippen MR) is 111 cm³/mol. The number of hydrogen-bond acceptors (Lipinski definition) is 2. The van der Waals surface area contributed by atoms with Crippen molar-refractivity contribution in [3.05, 3.63) is 0 Å². The Bertz CT molecular complexity index is 524. The molecule has 4 rings (SSSR count). The zero-order valence-corrected chi connectivity index (χ0v) is 18.1. The summed E-state index contributed by atoms with van der Waals surface area (Å²) in [5.74, 6) is 4.91. The Morgan fingerprint density at radius 3 is 2.23 bits per heavy atom. The molecule has 0 aromatic carbocycles. The number of hydrogen-bond donors (Lipinski definition) is 2. The fourth-order valence-corrected chi connectivity index (χ4v) is 9.21. The lowest BCUT2D eigenvalue weighted by Crippen LogP contribution is -2.66. The fourth-order valence-electron chi connectivity index (χ4n) is 9.21. The van der Waals surface area contributed by atoms with Gasteiger partial charge in [-0.15, -0.1) is 0 Å². The summed E-state index contributed by atoms with van der Waals surface area (Å²) in [6.07, 6.45) is 14.2. The third-order valence-electron chi connectivity index (χ3n) is 9.86. The number of fused-ring (bicyclic) bond motifs is 4. The molecule has 0 amide bonds. The van der Waals surface area contributed by atoms with E-state index in [1.54, 1.807) is 0 Å². The van der Waals surface area contributed by atoms with Gasteiger partial charge >= 0.3 is 0 Å². The Labute approximate surface area is 162 Å². The van der Waals surface area contributed by atoms with Gasteiger partial charge in [-0.2, -0.15) is 0 Å². The number of nitrogens with one attached hydrogen (secondary N) is 1. The molecule has 2 nitrogen and oxygen atoms in total. The molecule has 0 spiro atoms. The second-order valence-corrected chi connectivity index (χ2v) is 11.8. The lowest BCUT2D eigenvalue weighted by Gasteiger charge is -2.58. The summed E-state index contributed by atoms with van der Waals surface area (Å²) in [4.78, 5) is 0. The van der Waals surface area contributed by atoms with Gasteiger partial charge in [0.15, 0.2) is 0 Å². The normalized spacial score (nSPS) is 53.8. The first-order valence-corrected chi connectivity index (χ1v) is 11.7. The molecular weight excluding hydrogens is 316 g/mol. The highest BCUT2D eigenvalue weighted by Gasteiger charge is 2.61. The van der Waals surface area contributed by atoms with Crippen LogP contribution in [0.25, 0.3) is 0 Å². The molecule has 8 atom stereocenters. The van der Waals surface area contributed by atoms with Crippen LogP contribution in [0, 0.1) is 40.9 Å². The zero-order chi connectivity index (χ0) is 18.7. The van der Waals surface area contributed by atoms with E-state index < -0.39 is 0 Å². The third kappa shape index (κ3) is 2.81. The van der Waals surface area contributed by atoms with Crippen LogP contribution in [0.4, 0.5) is 0 Å². The van der Waals surface area contributed by atoms with Gasteiger partial charge in [0, 0.05) is 11.1 Å². The SMILES string of the molecule is CNC1(C)CCC2C3CCCC3CC3CCCCC(C)(C)C3C(C)(N)C21. The quantitative estimate of drug-likeness (QED) is 0.660. The lowest BCUT2D eigenvalue weighted by atomic mass is 9.51. The van der Waals surface area contributed by atoms with Crippen LogP contribution in [-0.2, 0) is 0 Å². The molecular formula is C24H44N2. The molecule has 2 heteroatoms. The van der Waals surface area contributed by atoms with Gasteiger partial charge in [0.05, 0.1) is 0 Å². The Morgan fingerprint density at radius 2 is 1.50 bits per heavy atom. The van der Waals surface area contributed by atoms with Gasteiger partial charge in [0.2, 0.25) is 0 Å². The van der Waals surface area contributed by atoms with Gasteiger partial charge in [-0.1, -0.05) is 46.0 Å². The molecule has 4 aliphatic carbocycles. The van der Waals surface area contributed by atoms with Crippen LogP contribution in [-0.4, -0.2) is 18.1 Å². The maximum absolute atomic E-state index is 7.53. The van der Waals surface area contributed by atoms with E-state index in [4.69, 9.17) is 5.73 Å². The molecule has 0 aromatic rings.